The molecule has 0 fully saturated rings. The van der Waals surface area contributed by atoms with E-state index in [-0.39, 0.29) is 11.4 Å². The Kier molecular flexibility index (Phi) is 4.00. The summed E-state index contributed by atoms with van der Waals surface area (Å²) in [5.41, 5.74) is 1.78. The number of hydrogen-bond donors (Lipinski definition) is 0. The van der Waals surface area contributed by atoms with E-state index in [9.17, 15) is 4.79 Å². The van der Waals surface area contributed by atoms with Crippen molar-refractivity contribution in [1.29, 1.82) is 10.5 Å². The van der Waals surface area contributed by atoms with Gasteiger partial charge in [0.25, 0.3) is 0 Å². The van der Waals surface area contributed by atoms with Gasteiger partial charge in [0.2, 0.25) is 0 Å². The van der Waals surface area contributed by atoms with Crippen LogP contribution in [0.4, 0.5) is 0 Å². The Morgan fingerprint density at radius 1 is 1.25 bits per heavy atom. The van der Waals surface area contributed by atoms with Crippen molar-refractivity contribution in [1.82, 2.24) is 0 Å². The molecule has 78 valence electrons. The molecule has 0 aliphatic carbocycles. The molecule has 0 amide bonds. The number of allylic oxidation sites excluding steroid dienone is 1. The van der Waals surface area contributed by atoms with Gasteiger partial charge in [-0.15, -0.1) is 0 Å². The molecule has 16 heavy (non-hydrogen) atoms. The molecule has 0 bridgehead atoms. The lowest BCUT2D eigenvalue weighted by atomic mass is 10.1. The molecule has 1 rings (SSSR count). The first-order chi connectivity index (χ1) is 7.65. The monoisotopic (exact) mass is 210 g/mol. The molecule has 0 aromatic heterocycles. The summed E-state index contributed by atoms with van der Waals surface area (Å²) in [6, 6.07) is 10.8. The van der Waals surface area contributed by atoms with Crippen molar-refractivity contribution in [3.8, 4) is 12.1 Å². The Morgan fingerprint density at radius 3 is 2.25 bits per heavy atom. The molecule has 0 atom stereocenters. The van der Waals surface area contributed by atoms with Crippen LogP contribution < -0.4 is 0 Å². The average Bonchev–Trinajstić information content (AvgIpc) is 2.27. The molecule has 0 radical (unpaired) electrons. The summed E-state index contributed by atoms with van der Waals surface area (Å²) in [6.07, 6.45) is 1.92. The Hall–Kier alpha value is -2.39. The van der Waals surface area contributed by atoms with Gasteiger partial charge in [0, 0.05) is 6.42 Å². The topological polar surface area (TPSA) is 64.7 Å². The van der Waals surface area contributed by atoms with Crippen molar-refractivity contribution in [2.75, 3.05) is 0 Å². The lowest BCUT2D eigenvalue weighted by Crippen LogP contribution is -1.95. The van der Waals surface area contributed by atoms with Gasteiger partial charge in [0.15, 0.2) is 0 Å². The van der Waals surface area contributed by atoms with Crippen LogP contribution in [-0.4, -0.2) is 5.78 Å². The number of ketones is 1. The van der Waals surface area contributed by atoms with Gasteiger partial charge in [-0.3, -0.25) is 4.79 Å². The average molecular weight is 210 g/mol. The lowest BCUT2D eigenvalue weighted by Gasteiger charge is -1.98. The minimum absolute atomic E-state index is 0.0688. The second-order valence-electron chi connectivity index (χ2n) is 3.40. The van der Waals surface area contributed by atoms with Crippen molar-refractivity contribution in [2.45, 2.75) is 13.3 Å². The first-order valence-electron chi connectivity index (χ1n) is 4.76. The van der Waals surface area contributed by atoms with Crippen molar-refractivity contribution in [3.63, 3.8) is 0 Å². The Bertz CT molecular complexity index is 482. The third kappa shape index (κ3) is 3.40. The number of nitriles is 2. The minimum atomic E-state index is 0.0688. The van der Waals surface area contributed by atoms with E-state index in [0.29, 0.717) is 6.42 Å². The van der Waals surface area contributed by atoms with Crippen LogP contribution in [0.3, 0.4) is 0 Å². The third-order valence-corrected chi connectivity index (χ3v) is 1.98. The fraction of sp³-hybridized carbons (Fsp3) is 0.154. The molecule has 0 N–H and O–H groups in total. The predicted molar refractivity (Wildman–Crippen MR) is 60.0 cm³/mol. The van der Waals surface area contributed by atoms with Gasteiger partial charge in [-0.1, -0.05) is 24.3 Å². The zero-order chi connectivity index (χ0) is 12.0. The molecule has 0 saturated heterocycles. The first kappa shape index (κ1) is 11.7. The van der Waals surface area contributed by atoms with Crippen LogP contribution in [-0.2, 0) is 11.2 Å². The third-order valence-electron chi connectivity index (χ3n) is 1.98. The number of carbonyl (C=O) groups excluding carboxylic acids is 1. The fourth-order valence-corrected chi connectivity index (χ4v) is 1.28. The number of rotatable bonds is 3. The number of hydrogen-bond acceptors (Lipinski definition) is 3. The Balaban J connectivity index is 2.89. The number of carbonyl (C=O) groups is 1. The smallest absolute Gasteiger partial charge is 0.134 e. The Labute approximate surface area is 94.2 Å². The molecule has 0 aliphatic heterocycles. The van der Waals surface area contributed by atoms with Gasteiger partial charge >= 0.3 is 0 Å². The SMILES string of the molecule is CC(=O)Cc1ccc(C=C(C#N)C#N)cc1. The molecule has 1 aromatic carbocycles. The first-order valence-corrected chi connectivity index (χ1v) is 4.76. The molecule has 1 aromatic rings. The Morgan fingerprint density at radius 2 is 1.81 bits per heavy atom. The molecular weight excluding hydrogens is 200 g/mol. The van der Waals surface area contributed by atoms with E-state index < -0.39 is 0 Å². The van der Waals surface area contributed by atoms with E-state index in [2.05, 4.69) is 0 Å². The van der Waals surface area contributed by atoms with Crippen LogP contribution in [0, 0.1) is 22.7 Å². The highest BCUT2D eigenvalue weighted by Crippen LogP contribution is 2.09. The van der Waals surface area contributed by atoms with E-state index in [1.807, 2.05) is 12.1 Å². The van der Waals surface area contributed by atoms with E-state index in [1.165, 1.54) is 13.0 Å². The van der Waals surface area contributed by atoms with Crippen molar-refractivity contribution in [2.24, 2.45) is 0 Å². The van der Waals surface area contributed by atoms with Gasteiger partial charge in [-0.2, -0.15) is 10.5 Å². The molecular formula is C13H10N2O. The zero-order valence-electron chi connectivity index (χ0n) is 8.90. The number of nitrogens with zero attached hydrogens (tertiary/aromatic N) is 2. The molecule has 0 aliphatic rings. The van der Waals surface area contributed by atoms with Crippen molar-refractivity contribution >= 4 is 11.9 Å². The predicted octanol–water partition coefficient (Wildman–Crippen LogP) is 2.25. The minimum Gasteiger partial charge on any atom is -0.300 e. The van der Waals surface area contributed by atoms with E-state index >= 15 is 0 Å². The van der Waals surface area contributed by atoms with Crippen LogP contribution >= 0.6 is 0 Å². The maximum Gasteiger partial charge on any atom is 0.134 e. The van der Waals surface area contributed by atoms with Crippen LogP contribution in [0.15, 0.2) is 29.8 Å². The van der Waals surface area contributed by atoms with E-state index in [0.717, 1.165) is 11.1 Å². The van der Waals surface area contributed by atoms with Gasteiger partial charge < -0.3 is 0 Å². The maximum atomic E-state index is 10.9. The lowest BCUT2D eigenvalue weighted by molar-refractivity contribution is -0.116. The highest BCUT2D eigenvalue weighted by molar-refractivity contribution is 5.78. The summed E-state index contributed by atoms with van der Waals surface area (Å²) in [7, 11) is 0. The van der Waals surface area contributed by atoms with E-state index in [1.54, 1.807) is 24.3 Å². The number of benzene rings is 1. The molecule has 3 heteroatoms. The second kappa shape index (κ2) is 5.48. The second-order valence-corrected chi connectivity index (χ2v) is 3.40. The van der Waals surface area contributed by atoms with E-state index in [4.69, 9.17) is 10.5 Å². The summed E-state index contributed by atoms with van der Waals surface area (Å²) >= 11 is 0. The summed E-state index contributed by atoms with van der Waals surface area (Å²) in [5, 5.41) is 17.2. The highest BCUT2D eigenvalue weighted by Gasteiger charge is 1.98. The maximum absolute atomic E-state index is 10.9. The van der Waals surface area contributed by atoms with Gasteiger partial charge in [0.1, 0.15) is 23.5 Å². The van der Waals surface area contributed by atoms with Crippen LogP contribution in [0.5, 0.6) is 0 Å². The van der Waals surface area contributed by atoms with Crippen molar-refractivity contribution in [3.05, 3.63) is 41.0 Å². The quantitative estimate of drug-likeness (QED) is 0.718. The zero-order valence-corrected chi connectivity index (χ0v) is 8.90. The van der Waals surface area contributed by atoms with Crippen molar-refractivity contribution < 1.29 is 4.79 Å². The number of Topliss-reactive ketones (excluding diaryl/α,β-unsaturated/α-hetero) is 1. The largest absolute Gasteiger partial charge is 0.300 e. The molecule has 3 nitrogen and oxygen atoms in total. The van der Waals surface area contributed by atoms with Gasteiger partial charge in [-0.05, 0) is 24.1 Å². The summed E-state index contributed by atoms with van der Waals surface area (Å²) in [6.45, 7) is 1.54. The normalized spacial score (nSPS) is 8.69. The van der Waals surface area contributed by atoms with Crippen LogP contribution in [0.25, 0.3) is 6.08 Å². The summed E-state index contributed by atoms with van der Waals surface area (Å²) in [4.78, 5) is 10.9. The summed E-state index contributed by atoms with van der Waals surface area (Å²) < 4.78 is 0. The molecule has 0 unspecified atom stereocenters. The highest BCUT2D eigenvalue weighted by atomic mass is 16.1. The molecule has 0 spiro atoms. The van der Waals surface area contributed by atoms with Gasteiger partial charge in [0.05, 0.1) is 0 Å². The van der Waals surface area contributed by atoms with Gasteiger partial charge in [-0.25, -0.2) is 0 Å². The summed E-state index contributed by atoms with van der Waals surface area (Å²) in [5.74, 6) is 0.109. The standard InChI is InChI=1S/C13H10N2O/c1-10(16)6-11-2-4-12(5-3-11)7-13(8-14)9-15/h2-5,7H,6H2,1H3. The fourth-order valence-electron chi connectivity index (χ4n) is 1.28. The molecule has 0 saturated carbocycles. The molecule has 0 heterocycles. The van der Waals surface area contributed by atoms with Crippen LogP contribution in [0.2, 0.25) is 0 Å². The van der Waals surface area contributed by atoms with Crippen LogP contribution in [0.1, 0.15) is 18.1 Å².